The Morgan fingerprint density at radius 2 is 1.57 bits per heavy atom. The van der Waals surface area contributed by atoms with E-state index in [1.807, 2.05) is 28.0 Å². The predicted molar refractivity (Wildman–Crippen MR) is 132 cm³/mol. The minimum absolute atomic E-state index is 0.0248. The van der Waals surface area contributed by atoms with Crippen molar-refractivity contribution in [2.75, 3.05) is 64.9 Å². The van der Waals surface area contributed by atoms with Gasteiger partial charge in [-0.2, -0.15) is 0 Å². The second-order valence-electron chi connectivity index (χ2n) is 8.70. The SMILES string of the molecule is COc1cccc(OC)c1OC1CCN(CC(=O)N2CCN(c3ccccc3[N+](=O)[O-])CC2)CC1. The minimum atomic E-state index is -0.357. The lowest BCUT2D eigenvalue weighted by Gasteiger charge is -2.37. The van der Waals surface area contributed by atoms with E-state index in [4.69, 9.17) is 14.2 Å². The summed E-state index contributed by atoms with van der Waals surface area (Å²) in [7, 11) is 3.22. The first-order chi connectivity index (χ1) is 17.0. The zero-order valence-corrected chi connectivity index (χ0v) is 20.2. The number of methoxy groups -OCH3 is 2. The van der Waals surface area contributed by atoms with Gasteiger partial charge >= 0.3 is 0 Å². The van der Waals surface area contributed by atoms with Crippen LogP contribution in [0.4, 0.5) is 11.4 Å². The number of benzene rings is 2. The van der Waals surface area contributed by atoms with E-state index in [2.05, 4.69) is 4.90 Å². The summed E-state index contributed by atoms with van der Waals surface area (Å²) in [4.78, 5) is 29.9. The first kappa shape index (κ1) is 24.6. The standard InChI is InChI=1S/C25H32N4O6/c1-33-22-8-5-9-23(34-2)25(22)35-19-10-12-26(13-11-19)18-24(30)28-16-14-27(15-17-28)20-6-3-4-7-21(20)29(31)32/h3-9,19H,10-18H2,1-2H3. The van der Waals surface area contributed by atoms with Gasteiger partial charge in [0.25, 0.3) is 5.69 Å². The number of carbonyl (C=O) groups is 1. The third-order valence-electron chi connectivity index (χ3n) is 6.61. The van der Waals surface area contributed by atoms with E-state index >= 15 is 0 Å². The van der Waals surface area contributed by atoms with Gasteiger partial charge in [0.05, 0.1) is 25.7 Å². The van der Waals surface area contributed by atoms with Crippen molar-refractivity contribution in [1.29, 1.82) is 0 Å². The highest BCUT2D eigenvalue weighted by Crippen LogP contribution is 2.38. The molecule has 2 saturated heterocycles. The van der Waals surface area contributed by atoms with E-state index in [0.717, 1.165) is 25.9 Å². The number of hydrogen-bond donors (Lipinski definition) is 0. The number of rotatable bonds is 8. The van der Waals surface area contributed by atoms with Crippen LogP contribution in [0, 0.1) is 10.1 Å². The summed E-state index contributed by atoms with van der Waals surface area (Å²) >= 11 is 0. The van der Waals surface area contributed by atoms with E-state index in [1.54, 1.807) is 32.4 Å². The summed E-state index contributed by atoms with van der Waals surface area (Å²) < 4.78 is 17.1. The Bertz CT molecular complexity index is 1010. The normalized spacial score (nSPS) is 17.2. The number of nitrogens with zero attached hydrogens (tertiary/aromatic N) is 4. The molecule has 0 atom stereocenters. The van der Waals surface area contributed by atoms with Gasteiger partial charge in [-0.3, -0.25) is 19.8 Å². The molecule has 10 nitrogen and oxygen atoms in total. The number of nitro benzene ring substituents is 1. The zero-order chi connectivity index (χ0) is 24.8. The molecule has 2 aliphatic heterocycles. The average molecular weight is 485 g/mol. The lowest BCUT2D eigenvalue weighted by Crippen LogP contribution is -2.52. The number of anilines is 1. The van der Waals surface area contributed by atoms with Gasteiger partial charge in [0, 0.05) is 45.3 Å². The molecule has 0 radical (unpaired) electrons. The molecule has 2 heterocycles. The Morgan fingerprint density at radius 1 is 0.943 bits per heavy atom. The summed E-state index contributed by atoms with van der Waals surface area (Å²) in [5, 5.41) is 11.3. The van der Waals surface area contributed by atoms with Crippen LogP contribution in [-0.2, 0) is 4.79 Å². The van der Waals surface area contributed by atoms with Crippen LogP contribution in [0.2, 0.25) is 0 Å². The molecule has 35 heavy (non-hydrogen) atoms. The van der Waals surface area contributed by atoms with Crippen LogP contribution in [0.5, 0.6) is 17.2 Å². The van der Waals surface area contributed by atoms with Crippen LogP contribution < -0.4 is 19.1 Å². The maximum atomic E-state index is 12.9. The van der Waals surface area contributed by atoms with Crippen LogP contribution in [-0.4, -0.2) is 86.8 Å². The van der Waals surface area contributed by atoms with Crippen molar-refractivity contribution in [3.63, 3.8) is 0 Å². The van der Waals surface area contributed by atoms with Crippen molar-refractivity contribution < 1.29 is 23.9 Å². The number of carbonyl (C=O) groups excluding carboxylic acids is 1. The lowest BCUT2D eigenvalue weighted by molar-refractivity contribution is -0.384. The maximum Gasteiger partial charge on any atom is 0.292 e. The molecule has 2 aromatic rings. The molecule has 0 aliphatic carbocycles. The highest BCUT2D eigenvalue weighted by molar-refractivity contribution is 5.78. The number of para-hydroxylation sites is 3. The molecule has 0 N–H and O–H groups in total. The van der Waals surface area contributed by atoms with Crippen molar-refractivity contribution in [3.05, 3.63) is 52.6 Å². The van der Waals surface area contributed by atoms with Gasteiger partial charge in [-0.1, -0.05) is 18.2 Å². The summed E-state index contributed by atoms with van der Waals surface area (Å²) in [6.07, 6.45) is 1.64. The van der Waals surface area contributed by atoms with Crippen LogP contribution in [0.3, 0.4) is 0 Å². The minimum Gasteiger partial charge on any atom is -0.493 e. The van der Waals surface area contributed by atoms with Crippen molar-refractivity contribution >= 4 is 17.3 Å². The highest BCUT2D eigenvalue weighted by atomic mass is 16.6. The summed E-state index contributed by atoms with van der Waals surface area (Å²) in [5.74, 6) is 1.99. The van der Waals surface area contributed by atoms with Crippen molar-refractivity contribution in [3.8, 4) is 17.2 Å². The molecular formula is C25H32N4O6. The molecule has 1 amide bonds. The fourth-order valence-electron chi connectivity index (χ4n) is 4.66. The largest absolute Gasteiger partial charge is 0.493 e. The molecule has 0 spiro atoms. The fraction of sp³-hybridized carbons (Fsp3) is 0.480. The molecule has 2 aromatic carbocycles. The topological polar surface area (TPSA) is 97.6 Å². The quantitative estimate of drug-likeness (QED) is 0.417. The molecule has 0 unspecified atom stereocenters. The number of ether oxygens (including phenoxy) is 3. The fourth-order valence-corrected chi connectivity index (χ4v) is 4.66. The molecule has 10 heteroatoms. The number of hydrogen-bond acceptors (Lipinski definition) is 8. The monoisotopic (exact) mass is 484 g/mol. The van der Waals surface area contributed by atoms with E-state index in [1.165, 1.54) is 6.07 Å². The lowest BCUT2D eigenvalue weighted by atomic mass is 10.1. The molecule has 0 aromatic heterocycles. The second kappa shape index (κ2) is 11.3. The van der Waals surface area contributed by atoms with Gasteiger partial charge in [0.15, 0.2) is 11.5 Å². The Balaban J connectivity index is 1.25. The number of piperidine rings is 1. The Labute approximate surface area is 205 Å². The van der Waals surface area contributed by atoms with Gasteiger partial charge in [-0.25, -0.2) is 0 Å². The number of nitro groups is 1. The average Bonchev–Trinajstić information content (AvgIpc) is 2.90. The van der Waals surface area contributed by atoms with E-state index in [9.17, 15) is 14.9 Å². The summed E-state index contributed by atoms with van der Waals surface area (Å²) in [6.45, 7) is 4.17. The van der Waals surface area contributed by atoms with Crippen molar-refractivity contribution in [2.45, 2.75) is 18.9 Å². The summed E-state index contributed by atoms with van der Waals surface area (Å²) in [6, 6.07) is 12.3. The molecule has 188 valence electrons. The first-order valence-corrected chi connectivity index (χ1v) is 11.9. The van der Waals surface area contributed by atoms with E-state index in [-0.39, 0.29) is 22.6 Å². The highest BCUT2D eigenvalue weighted by Gasteiger charge is 2.28. The third-order valence-corrected chi connectivity index (χ3v) is 6.61. The Hall–Kier alpha value is -3.53. The van der Waals surface area contributed by atoms with E-state index < -0.39 is 0 Å². The van der Waals surface area contributed by atoms with Crippen molar-refractivity contribution in [1.82, 2.24) is 9.80 Å². The molecular weight excluding hydrogens is 452 g/mol. The zero-order valence-electron chi connectivity index (χ0n) is 20.2. The van der Waals surface area contributed by atoms with Crippen LogP contribution in [0.1, 0.15) is 12.8 Å². The van der Waals surface area contributed by atoms with Crippen LogP contribution in [0.15, 0.2) is 42.5 Å². The summed E-state index contributed by atoms with van der Waals surface area (Å²) in [5.41, 5.74) is 0.710. The number of likely N-dealkylation sites (tertiary alicyclic amines) is 1. The van der Waals surface area contributed by atoms with Gasteiger partial charge in [-0.15, -0.1) is 0 Å². The van der Waals surface area contributed by atoms with E-state index in [0.29, 0.717) is 55.7 Å². The van der Waals surface area contributed by atoms with Gasteiger partial charge < -0.3 is 24.0 Å². The van der Waals surface area contributed by atoms with Crippen LogP contribution in [0.25, 0.3) is 0 Å². The third kappa shape index (κ3) is 5.76. The first-order valence-electron chi connectivity index (χ1n) is 11.9. The molecule has 4 rings (SSSR count). The Morgan fingerprint density at radius 3 is 2.17 bits per heavy atom. The number of amides is 1. The van der Waals surface area contributed by atoms with Gasteiger partial charge in [0.2, 0.25) is 11.7 Å². The molecule has 2 aliphatic rings. The van der Waals surface area contributed by atoms with Crippen molar-refractivity contribution in [2.24, 2.45) is 0 Å². The second-order valence-corrected chi connectivity index (χ2v) is 8.70. The predicted octanol–water partition coefficient (Wildman–Crippen LogP) is 2.80. The smallest absolute Gasteiger partial charge is 0.292 e. The molecule has 0 saturated carbocycles. The maximum absolute atomic E-state index is 12.9. The van der Waals surface area contributed by atoms with Crippen LogP contribution >= 0.6 is 0 Å². The molecule has 2 fully saturated rings. The van der Waals surface area contributed by atoms with Gasteiger partial charge in [-0.05, 0) is 31.0 Å². The van der Waals surface area contributed by atoms with Gasteiger partial charge in [0.1, 0.15) is 11.8 Å². The number of piperazine rings is 1. The molecule has 0 bridgehead atoms. The Kier molecular flexibility index (Phi) is 7.91.